The van der Waals surface area contributed by atoms with E-state index in [0.717, 1.165) is 38.5 Å². The van der Waals surface area contributed by atoms with Crippen molar-refractivity contribution in [1.82, 2.24) is 0 Å². The van der Waals surface area contributed by atoms with Gasteiger partial charge < -0.3 is 5.11 Å². The number of ketones is 1. The normalized spacial score (nSPS) is 53.5. The molecule has 1 N–H and O–H groups in total. The fraction of sp³-hybridized carbons (Fsp3) is 0.773. The Kier molecular flexibility index (Phi) is 3.56. The summed E-state index contributed by atoms with van der Waals surface area (Å²) >= 11 is 0. The highest BCUT2D eigenvalue weighted by atomic mass is 16.3. The van der Waals surface area contributed by atoms with Gasteiger partial charge in [-0.3, -0.25) is 4.79 Å². The van der Waals surface area contributed by atoms with E-state index in [2.05, 4.69) is 32.8 Å². The molecule has 0 aromatic carbocycles. The smallest absolute Gasteiger partial charge is 0.141 e. The molecular weight excluding hydrogens is 296 g/mol. The highest BCUT2D eigenvalue weighted by molar-refractivity contribution is 5.89. The molecule has 0 saturated heterocycles. The fourth-order valence-corrected chi connectivity index (χ4v) is 7.06. The van der Waals surface area contributed by atoms with E-state index in [1.165, 1.54) is 5.57 Å². The number of terminal acetylenes is 1. The van der Waals surface area contributed by atoms with Crippen LogP contribution < -0.4 is 0 Å². The summed E-state index contributed by atoms with van der Waals surface area (Å²) in [5.41, 5.74) is 1.35. The Morgan fingerprint density at radius 3 is 2.62 bits per heavy atom. The minimum absolute atomic E-state index is 0.0953. The van der Waals surface area contributed by atoms with Crippen LogP contribution in [-0.2, 0) is 4.79 Å². The summed E-state index contributed by atoms with van der Waals surface area (Å²) in [4.78, 5) is 12.8. The molecular formula is C22H30O2. The molecule has 3 saturated carbocycles. The second-order valence-electron chi connectivity index (χ2n) is 9.40. The number of Topliss-reactive ketones (excluding diaryl/α,β-unsaturated/α-hetero) is 1. The summed E-state index contributed by atoms with van der Waals surface area (Å²) in [5, 5.41) is 10.4. The molecule has 24 heavy (non-hydrogen) atoms. The zero-order valence-electron chi connectivity index (χ0n) is 15.2. The number of rotatable bonds is 0. The van der Waals surface area contributed by atoms with Crippen LogP contribution in [0.1, 0.15) is 59.3 Å². The lowest BCUT2D eigenvalue weighted by Crippen LogP contribution is -2.52. The molecule has 0 spiro atoms. The SMILES string of the molecule is C#CC1C2=CC[C@@H]3[C@@H](CC[C@]4(C)C(=O)C(C)C[C@@H]34)[C@@]2(C)CCC1O. The third kappa shape index (κ3) is 1.91. The van der Waals surface area contributed by atoms with E-state index in [0.29, 0.717) is 23.5 Å². The maximum Gasteiger partial charge on any atom is 0.141 e. The monoisotopic (exact) mass is 326 g/mol. The second-order valence-corrected chi connectivity index (χ2v) is 9.40. The lowest BCUT2D eigenvalue weighted by Gasteiger charge is -2.57. The van der Waals surface area contributed by atoms with E-state index < -0.39 is 0 Å². The summed E-state index contributed by atoms with van der Waals surface area (Å²) < 4.78 is 0. The Labute approximate surface area is 146 Å². The van der Waals surface area contributed by atoms with Gasteiger partial charge in [0.1, 0.15) is 5.78 Å². The topological polar surface area (TPSA) is 37.3 Å². The van der Waals surface area contributed by atoms with E-state index in [4.69, 9.17) is 6.42 Å². The largest absolute Gasteiger partial charge is 0.391 e. The third-order valence-corrected chi connectivity index (χ3v) is 8.39. The van der Waals surface area contributed by atoms with Crippen molar-refractivity contribution < 1.29 is 9.90 Å². The van der Waals surface area contributed by atoms with Gasteiger partial charge in [-0.1, -0.05) is 38.3 Å². The number of hydrogen-bond acceptors (Lipinski definition) is 2. The van der Waals surface area contributed by atoms with Crippen LogP contribution in [0.2, 0.25) is 0 Å². The predicted molar refractivity (Wildman–Crippen MR) is 95.0 cm³/mol. The molecule has 8 atom stereocenters. The van der Waals surface area contributed by atoms with E-state index in [9.17, 15) is 9.90 Å². The van der Waals surface area contributed by atoms with Gasteiger partial charge in [-0.05, 0) is 61.7 Å². The van der Waals surface area contributed by atoms with Crippen LogP contribution in [0.4, 0.5) is 0 Å². The Morgan fingerprint density at radius 1 is 1.21 bits per heavy atom. The highest BCUT2D eigenvalue weighted by Gasteiger charge is 2.61. The fourth-order valence-electron chi connectivity index (χ4n) is 7.06. The van der Waals surface area contributed by atoms with E-state index in [1.54, 1.807) is 0 Å². The highest BCUT2D eigenvalue weighted by Crippen LogP contribution is 2.65. The molecule has 0 aliphatic heterocycles. The summed E-state index contributed by atoms with van der Waals surface area (Å²) in [5.74, 6) is 5.26. The summed E-state index contributed by atoms with van der Waals surface area (Å²) in [6, 6.07) is 0. The first-order valence-corrected chi connectivity index (χ1v) is 9.72. The lowest BCUT2D eigenvalue weighted by molar-refractivity contribution is -0.134. The molecule has 0 amide bonds. The standard InChI is InChI=1S/C22H30O2/c1-5-14-16-7-6-15-17(21(16,3)11-9-19(14)23)8-10-22(4)18(15)12-13(2)20(22)24/h1,7,13-15,17-19,23H,6,8-12H2,2-4H3/t13?,14?,15-,17-,18+,19?,21+,22+/m1/s1. The number of aliphatic hydroxyl groups is 1. The number of fused-ring (bicyclic) bond motifs is 5. The number of hydrogen-bond donors (Lipinski definition) is 1. The first-order valence-electron chi connectivity index (χ1n) is 9.72. The van der Waals surface area contributed by atoms with Crippen molar-refractivity contribution in [2.24, 2.45) is 40.4 Å². The summed E-state index contributed by atoms with van der Waals surface area (Å²) in [6.07, 6.45) is 13.9. The molecule has 0 heterocycles. The number of carbonyl (C=O) groups is 1. The molecule has 4 rings (SSSR count). The van der Waals surface area contributed by atoms with Crippen molar-refractivity contribution in [2.75, 3.05) is 0 Å². The van der Waals surface area contributed by atoms with Crippen LogP contribution in [-0.4, -0.2) is 17.0 Å². The van der Waals surface area contributed by atoms with Crippen LogP contribution in [0.25, 0.3) is 0 Å². The van der Waals surface area contributed by atoms with Gasteiger partial charge in [-0.25, -0.2) is 0 Å². The Balaban J connectivity index is 1.73. The van der Waals surface area contributed by atoms with Crippen LogP contribution >= 0.6 is 0 Å². The van der Waals surface area contributed by atoms with Gasteiger partial charge in [0, 0.05) is 11.3 Å². The van der Waals surface area contributed by atoms with Crippen LogP contribution in [0.5, 0.6) is 0 Å². The predicted octanol–water partition coefficient (Wildman–Crippen LogP) is 3.98. The van der Waals surface area contributed by atoms with Gasteiger partial charge in [0.15, 0.2) is 0 Å². The van der Waals surface area contributed by atoms with Crippen LogP contribution in [0.15, 0.2) is 11.6 Å². The Morgan fingerprint density at radius 2 is 1.92 bits per heavy atom. The van der Waals surface area contributed by atoms with Crippen molar-refractivity contribution in [2.45, 2.75) is 65.4 Å². The Hall–Kier alpha value is -1.07. The zero-order chi connectivity index (χ0) is 17.3. The molecule has 4 aliphatic carbocycles. The summed E-state index contributed by atoms with van der Waals surface area (Å²) in [7, 11) is 0. The van der Waals surface area contributed by atoms with Crippen LogP contribution in [0, 0.1) is 52.8 Å². The molecule has 2 heteroatoms. The van der Waals surface area contributed by atoms with Crippen LogP contribution in [0.3, 0.4) is 0 Å². The van der Waals surface area contributed by atoms with Gasteiger partial charge in [-0.15, -0.1) is 6.42 Å². The van der Waals surface area contributed by atoms with Gasteiger partial charge in [0.05, 0.1) is 12.0 Å². The first kappa shape index (κ1) is 16.4. The van der Waals surface area contributed by atoms with Crippen molar-refractivity contribution >= 4 is 5.78 Å². The van der Waals surface area contributed by atoms with Crippen molar-refractivity contribution in [1.29, 1.82) is 0 Å². The number of allylic oxidation sites excluding steroid dienone is 1. The molecule has 0 aromatic heterocycles. The molecule has 4 aliphatic rings. The molecule has 0 radical (unpaired) electrons. The number of aliphatic hydroxyl groups excluding tert-OH is 1. The van der Waals surface area contributed by atoms with Crippen molar-refractivity contribution in [3.8, 4) is 12.3 Å². The minimum atomic E-state index is -0.382. The zero-order valence-corrected chi connectivity index (χ0v) is 15.2. The van der Waals surface area contributed by atoms with Gasteiger partial charge >= 0.3 is 0 Å². The molecule has 0 bridgehead atoms. The molecule has 3 unspecified atom stereocenters. The maximum atomic E-state index is 12.8. The average Bonchev–Trinajstić information content (AvgIpc) is 2.79. The van der Waals surface area contributed by atoms with E-state index in [-0.39, 0.29) is 28.8 Å². The molecule has 3 fully saturated rings. The first-order chi connectivity index (χ1) is 11.3. The summed E-state index contributed by atoms with van der Waals surface area (Å²) in [6.45, 7) is 6.74. The third-order valence-electron chi connectivity index (χ3n) is 8.39. The maximum absolute atomic E-state index is 12.8. The molecule has 130 valence electrons. The van der Waals surface area contributed by atoms with E-state index in [1.807, 2.05) is 0 Å². The molecule has 2 nitrogen and oxygen atoms in total. The average molecular weight is 326 g/mol. The minimum Gasteiger partial charge on any atom is -0.391 e. The van der Waals surface area contributed by atoms with Gasteiger partial charge in [0.25, 0.3) is 0 Å². The van der Waals surface area contributed by atoms with E-state index >= 15 is 0 Å². The van der Waals surface area contributed by atoms with Crippen molar-refractivity contribution in [3.05, 3.63) is 11.6 Å². The second kappa shape index (κ2) is 5.21. The van der Waals surface area contributed by atoms with Crippen molar-refractivity contribution in [3.63, 3.8) is 0 Å². The van der Waals surface area contributed by atoms with Gasteiger partial charge in [-0.2, -0.15) is 0 Å². The Bertz CT molecular complexity index is 641. The lowest BCUT2D eigenvalue weighted by atomic mass is 9.47. The molecule has 0 aromatic rings. The number of carbonyl (C=O) groups excluding carboxylic acids is 1. The quantitative estimate of drug-likeness (QED) is 0.540. The van der Waals surface area contributed by atoms with Gasteiger partial charge in [0.2, 0.25) is 0 Å².